The van der Waals surface area contributed by atoms with Gasteiger partial charge in [-0.15, -0.1) is 0 Å². The minimum atomic E-state index is -1.32. The molecule has 210 valence electrons. The average molecular weight is 564 g/mol. The third kappa shape index (κ3) is 7.06. The first-order chi connectivity index (χ1) is 19.3. The van der Waals surface area contributed by atoms with E-state index in [1.165, 1.54) is 14.2 Å². The molecule has 0 spiro atoms. The van der Waals surface area contributed by atoms with Crippen LogP contribution in [0.3, 0.4) is 0 Å². The zero-order valence-electron chi connectivity index (χ0n) is 22.8. The van der Waals surface area contributed by atoms with Crippen molar-refractivity contribution in [2.24, 2.45) is 0 Å². The van der Waals surface area contributed by atoms with Gasteiger partial charge in [-0.05, 0) is 73.4 Å². The molecule has 4 rings (SSSR count). The molecule has 1 aliphatic rings. The zero-order chi connectivity index (χ0) is 28.6. The summed E-state index contributed by atoms with van der Waals surface area (Å²) in [7, 11) is 1.50. The molecule has 2 N–H and O–H groups in total. The zero-order valence-corrected chi connectivity index (χ0v) is 23.6. The van der Waals surface area contributed by atoms with Crippen LogP contribution in [-0.2, 0) is 26.8 Å². The number of esters is 1. The minimum Gasteiger partial charge on any atom is -0.495 e. The lowest BCUT2D eigenvalue weighted by Gasteiger charge is -2.25. The number of hydrogen-bond donors (Lipinski definition) is 2. The van der Waals surface area contributed by atoms with Crippen molar-refractivity contribution in [1.29, 1.82) is 0 Å². The summed E-state index contributed by atoms with van der Waals surface area (Å²) >= 11 is 0. The summed E-state index contributed by atoms with van der Waals surface area (Å²) in [6.45, 7) is 2.52. The van der Waals surface area contributed by atoms with Crippen molar-refractivity contribution in [1.82, 2.24) is 4.90 Å². The van der Waals surface area contributed by atoms with Gasteiger partial charge in [-0.3, -0.25) is 9.00 Å². The molecule has 0 bridgehead atoms. The third-order valence-corrected chi connectivity index (χ3v) is 8.33. The summed E-state index contributed by atoms with van der Waals surface area (Å²) < 4.78 is 23.2. The monoisotopic (exact) mass is 563 g/mol. The molecule has 2 atom stereocenters. The quantitative estimate of drug-likeness (QED) is 0.363. The number of carbonyl (C=O) groups excluding carboxylic acids is 3. The first kappa shape index (κ1) is 28.8. The van der Waals surface area contributed by atoms with E-state index in [1.807, 2.05) is 31.2 Å². The number of likely N-dealkylation sites (tertiary alicyclic amines) is 1. The van der Waals surface area contributed by atoms with E-state index in [1.54, 1.807) is 47.4 Å². The van der Waals surface area contributed by atoms with Crippen molar-refractivity contribution in [3.8, 4) is 5.75 Å². The van der Waals surface area contributed by atoms with Crippen molar-refractivity contribution in [3.05, 3.63) is 83.4 Å². The summed E-state index contributed by atoms with van der Waals surface area (Å²) in [5.41, 5.74) is 3.28. The van der Waals surface area contributed by atoms with Gasteiger partial charge in [-0.1, -0.05) is 24.3 Å². The summed E-state index contributed by atoms with van der Waals surface area (Å²) in [4.78, 5) is 39.8. The maximum atomic E-state index is 13.2. The average Bonchev–Trinajstić information content (AvgIpc) is 3.43. The van der Waals surface area contributed by atoms with Crippen molar-refractivity contribution in [3.63, 3.8) is 0 Å². The lowest BCUT2D eigenvalue weighted by atomic mass is 10.1. The number of urea groups is 1. The predicted molar refractivity (Wildman–Crippen MR) is 154 cm³/mol. The number of methoxy groups -OCH3 is 2. The molecule has 1 fully saturated rings. The Bertz CT molecular complexity index is 1410. The summed E-state index contributed by atoms with van der Waals surface area (Å²) in [6, 6.07) is 18.7. The van der Waals surface area contributed by atoms with Gasteiger partial charge in [-0.2, -0.15) is 0 Å². The molecule has 3 amide bonds. The number of carbonyl (C=O) groups is 3. The molecule has 0 aliphatic carbocycles. The summed E-state index contributed by atoms with van der Waals surface area (Å²) in [5, 5.41) is 5.62. The molecule has 9 nitrogen and oxygen atoms in total. The molecule has 3 aromatic rings. The van der Waals surface area contributed by atoms with E-state index < -0.39 is 22.8 Å². The highest BCUT2D eigenvalue weighted by atomic mass is 32.2. The van der Waals surface area contributed by atoms with Crippen molar-refractivity contribution in [2.75, 3.05) is 37.2 Å². The SMILES string of the molecule is COC(=O)c1ccc(S(=O)C[C@@H]2CCCN2C(=O)Cc2ccc(NC(=O)Nc3ccccc3C)c(OC)c2)cc1. The van der Waals surface area contributed by atoms with Crippen LogP contribution in [0.2, 0.25) is 0 Å². The van der Waals surface area contributed by atoms with Crippen LogP contribution in [0.1, 0.15) is 34.3 Å². The number of amides is 3. The molecule has 0 radical (unpaired) electrons. The normalized spacial score (nSPS) is 15.3. The Labute approximate surface area is 236 Å². The fourth-order valence-electron chi connectivity index (χ4n) is 4.68. The van der Waals surface area contributed by atoms with Crippen LogP contribution < -0.4 is 15.4 Å². The minimum absolute atomic E-state index is 0.0550. The Kier molecular flexibility index (Phi) is 9.55. The number of nitrogens with one attached hydrogen (secondary N) is 2. The number of ether oxygens (including phenoxy) is 2. The Balaban J connectivity index is 1.37. The summed E-state index contributed by atoms with van der Waals surface area (Å²) in [6.07, 6.45) is 1.78. The van der Waals surface area contributed by atoms with E-state index in [0.29, 0.717) is 39.9 Å². The first-order valence-corrected chi connectivity index (χ1v) is 14.3. The molecular weight excluding hydrogens is 530 g/mol. The van der Waals surface area contributed by atoms with Crippen LogP contribution >= 0.6 is 0 Å². The van der Waals surface area contributed by atoms with E-state index in [9.17, 15) is 18.6 Å². The molecular formula is C30H33N3O6S. The molecule has 1 heterocycles. The second-order valence-electron chi connectivity index (χ2n) is 9.52. The van der Waals surface area contributed by atoms with Crippen molar-refractivity contribution >= 4 is 40.1 Å². The maximum Gasteiger partial charge on any atom is 0.337 e. The van der Waals surface area contributed by atoms with Gasteiger partial charge < -0.3 is 25.0 Å². The molecule has 1 aliphatic heterocycles. The Morgan fingerprint density at radius 3 is 2.40 bits per heavy atom. The first-order valence-electron chi connectivity index (χ1n) is 13.0. The molecule has 1 saturated heterocycles. The predicted octanol–water partition coefficient (Wildman–Crippen LogP) is 4.78. The van der Waals surface area contributed by atoms with Crippen LogP contribution in [0.25, 0.3) is 0 Å². The number of rotatable bonds is 9. The fraction of sp³-hybridized carbons (Fsp3) is 0.300. The highest BCUT2D eigenvalue weighted by molar-refractivity contribution is 7.85. The van der Waals surface area contributed by atoms with Gasteiger partial charge in [0, 0.05) is 28.9 Å². The van der Waals surface area contributed by atoms with E-state index in [4.69, 9.17) is 9.47 Å². The number of anilines is 2. The standard InChI is InChI=1S/C30H33N3O6S/c1-20-7-4-5-9-25(20)31-30(36)32-26-15-10-21(17-27(26)38-2)18-28(34)33-16-6-8-23(33)19-40(37)24-13-11-22(12-14-24)29(35)39-3/h4-5,7,9-15,17,23H,6,8,16,18-19H2,1-3H3,(H2,31,32,36)/t23-,40?/m0/s1. The smallest absolute Gasteiger partial charge is 0.337 e. The lowest BCUT2D eigenvalue weighted by molar-refractivity contribution is -0.130. The number of para-hydroxylation sites is 1. The topological polar surface area (TPSA) is 114 Å². The van der Waals surface area contributed by atoms with Gasteiger partial charge >= 0.3 is 12.0 Å². The van der Waals surface area contributed by atoms with Gasteiger partial charge in [0.05, 0.1) is 42.7 Å². The highest BCUT2D eigenvalue weighted by Crippen LogP contribution is 2.28. The fourth-order valence-corrected chi connectivity index (χ4v) is 6.01. The Morgan fingerprint density at radius 2 is 1.70 bits per heavy atom. The van der Waals surface area contributed by atoms with Crippen LogP contribution in [-0.4, -0.2) is 59.6 Å². The van der Waals surface area contributed by atoms with Crippen LogP contribution in [0.15, 0.2) is 71.6 Å². The largest absolute Gasteiger partial charge is 0.495 e. The van der Waals surface area contributed by atoms with Crippen LogP contribution in [0.5, 0.6) is 5.75 Å². The van der Waals surface area contributed by atoms with E-state index in [2.05, 4.69) is 10.6 Å². The van der Waals surface area contributed by atoms with E-state index >= 15 is 0 Å². The third-order valence-electron chi connectivity index (χ3n) is 6.84. The second-order valence-corrected chi connectivity index (χ2v) is 11.0. The van der Waals surface area contributed by atoms with Gasteiger partial charge in [0.15, 0.2) is 0 Å². The van der Waals surface area contributed by atoms with Crippen LogP contribution in [0.4, 0.5) is 16.2 Å². The Morgan fingerprint density at radius 1 is 0.975 bits per heavy atom. The molecule has 40 heavy (non-hydrogen) atoms. The number of nitrogens with zero attached hydrogens (tertiary/aromatic N) is 1. The van der Waals surface area contributed by atoms with Gasteiger partial charge in [-0.25, -0.2) is 9.59 Å². The summed E-state index contributed by atoms with van der Waals surface area (Å²) in [5.74, 6) is 0.266. The number of hydrogen-bond acceptors (Lipinski definition) is 6. The van der Waals surface area contributed by atoms with Gasteiger partial charge in [0.25, 0.3) is 0 Å². The van der Waals surface area contributed by atoms with E-state index in [-0.39, 0.29) is 18.4 Å². The molecule has 1 unspecified atom stereocenters. The van der Waals surface area contributed by atoms with Gasteiger partial charge in [0.2, 0.25) is 5.91 Å². The van der Waals surface area contributed by atoms with Gasteiger partial charge in [0.1, 0.15) is 5.75 Å². The van der Waals surface area contributed by atoms with E-state index in [0.717, 1.165) is 24.0 Å². The highest BCUT2D eigenvalue weighted by Gasteiger charge is 2.30. The lowest BCUT2D eigenvalue weighted by Crippen LogP contribution is -2.39. The maximum absolute atomic E-state index is 13.2. The molecule has 0 aromatic heterocycles. The Hall–Kier alpha value is -4.18. The van der Waals surface area contributed by atoms with Crippen LogP contribution in [0, 0.1) is 6.92 Å². The second kappa shape index (κ2) is 13.3. The number of benzene rings is 3. The van der Waals surface area contributed by atoms with Crippen molar-refractivity contribution < 1.29 is 28.1 Å². The molecule has 3 aromatic carbocycles. The van der Waals surface area contributed by atoms with Crippen molar-refractivity contribution in [2.45, 2.75) is 37.1 Å². The number of aryl methyl sites for hydroxylation is 1. The molecule has 0 saturated carbocycles. The molecule has 10 heteroatoms.